The number of nitrogens with one attached hydrogen (secondary N) is 2. The summed E-state index contributed by atoms with van der Waals surface area (Å²) in [6.07, 6.45) is 0. The van der Waals surface area contributed by atoms with Gasteiger partial charge in [0, 0.05) is 6.92 Å². The number of carbonyl (C=O) groups excluding carboxylic acids is 2. The van der Waals surface area contributed by atoms with Gasteiger partial charge in [-0.05, 0) is 36.8 Å². The number of H-pyrrole nitrogens is 1. The Morgan fingerprint density at radius 2 is 1.84 bits per heavy atom. The van der Waals surface area contributed by atoms with Crippen LogP contribution in [0.3, 0.4) is 0 Å². The SMILES string of the molecule is CC(=O)c1ccc(C(=O)Nc2ccc(C)cc2O)[nH]1. The fourth-order valence-electron chi connectivity index (χ4n) is 1.67. The number of aromatic hydroxyl groups is 1. The van der Waals surface area contributed by atoms with Crippen molar-refractivity contribution in [3.63, 3.8) is 0 Å². The molecule has 1 amide bonds. The molecule has 5 nitrogen and oxygen atoms in total. The summed E-state index contributed by atoms with van der Waals surface area (Å²) in [5, 5.41) is 12.3. The van der Waals surface area contributed by atoms with Crippen molar-refractivity contribution in [1.82, 2.24) is 4.98 Å². The van der Waals surface area contributed by atoms with Gasteiger partial charge < -0.3 is 15.4 Å². The van der Waals surface area contributed by atoms with Gasteiger partial charge in [0.05, 0.1) is 11.4 Å². The van der Waals surface area contributed by atoms with Crippen LogP contribution in [-0.2, 0) is 0 Å². The number of amides is 1. The number of aromatic nitrogens is 1. The predicted molar refractivity (Wildman–Crippen MR) is 71.6 cm³/mol. The lowest BCUT2D eigenvalue weighted by Gasteiger charge is -2.06. The van der Waals surface area contributed by atoms with Crippen molar-refractivity contribution < 1.29 is 14.7 Å². The van der Waals surface area contributed by atoms with Crippen molar-refractivity contribution in [3.8, 4) is 5.75 Å². The maximum absolute atomic E-state index is 11.9. The first-order chi connectivity index (χ1) is 8.97. The van der Waals surface area contributed by atoms with Crippen LogP contribution in [0.4, 0.5) is 5.69 Å². The van der Waals surface area contributed by atoms with Crippen molar-refractivity contribution in [2.24, 2.45) is 0 Å². The van der Waals surface area contributed by atoms with Crippen molar-refractivity contribution in [2.45, 2.75) is 13.8 Å². The first-order valence-corrected chi connectivity index (χ1v) is 5.78. The van der Waals surface area contributed by atoms with Gasteiger partial charge in [-0.3, -0.25) is 9.59 Å². The minimum Gasteiger partial charge on any atom is -0.506 e. The lowest BCUT2D eigenvalue weighted by atomic mass is 10.2. The van der Waals surface area contributed by atoms with Gasteiger partial charge in [-0.1, -0.05) is 6.07 Å². The normalized spacial score (nSPS) is 10.2. The van der Waals surface area contributed by atoms with E-state index < -0.39 is 5.91 Å². The van der Waals surface area contributed by atoms with Gasteiger partial charge in [0.1, 0.15) is 11.4 Å². The first-order valence-electron chi connectivity index (χ1n) is 5.78. The van der Waals surface area contributed by atoms with Crippen LogP contribution in [0, 0.1) is 6.92 Å². The van der Waals surface area contributed by atoms with Gasteiger partial charge in [-0.15, -0.1) is 0 Å². The third-order valence-electron chi connectivity index (χ3n) is 2.71. The van der Waals surface area contributed by atoms with Crippen LogP contribution in [0.2, 0.25) is 0 Å². The Morgan fingerprint density at radius 1 is 1.16 bits per heavy atom. The summed E-state index contributed by atoms with van der Waals surface area (Å²) in [5.74, 6) is -0.546. The van der Waals surface area contributed by atoms with E-state index in [9.17, 15) is 14.7 Å². The predicted octanol–water partition coefficient (Wildman–Crippen LogP) is 2.48. The molecule has 0 unspecified atom stereocenters. The summed E-state index contributed by atoms with van der Waals surface area (Å²) in [6, 6.07) is 8.04. The van der Waals surface area contributed by atoms with Crippen molar-refractivity contribution in [2.75, 3.05) is 5.32 Å². The van der Waals surface area contributed by atoms with E-state index in [1.165, 1.54) is 13.0 Å². The Hall–Kier alpha value is -2.56. The average molecular weight is 258 g/mol. The van der Waals surface area contributed by atoms with E-state index in [1.54, 1.807) is 24.3 Å². The number of benzene rings is 1. The molecule has 1 aromatic heterocycles. The lowest BCUT2D eigenvalue weighted by Crippen LogP contribution is -2.12. The molecule has 1 heterocycles. The molecule has 98 valence electrons. The summed E-state index contributed by atoms with van der Waals surface area (Å²) in [5.41, 5.74) is 1.87. The van der Waals surface area contributed by atoms with E-state index in [4.69, 9.17) is 0 Å². The highest BCUT2D eigenvalue weighted by atomic mass is 16.3. The Kier molecular flexibility index (Phi) is 3.37. The van der Waals surface area contributed by atoms with Gasteiger partial charge in [-0.25, -0.2) is 0 Å². The zero-order valence-electron chi connectivity index (χ0n) is 10.7. The third-order valence-corrected chi connectivity index (χ3v) is 2.71. The Balaban J connectivity index is 2.18. The molecule has 0 aliphatic heterocycles. The molecule has 0 radical (unpaired) electrons. The summed E-state index contributed by atoms with van der Waals surface area (Å²) >= 11 is 0. The molecular weight excluding hydrogens is 244 g/mol. The monoisotopic (exact) mass is 258 g/mol. The Morgan fingerprint density at radius 3 is 2.42 bits per heavy atom. The van der Waals surface area contributed by atoms with Gasteiger partial charge in [0.25, 0.3) is 5.91 Å². The molecule has 5 heteroatoms. The van der Waals surface area contributed by atoms with Crippen LogP contribution in [0.15, 0.2) is 30.3 Å². The molecule has 0 aliphatic rings. The molecule has 0 bridgehead atoms. The van der Waals surface area contributed by atoms with Gasteiger partial charge in [-0.2, -0.15) is 0 Å². The van der Waals surface area contributed by atoms with E-state index in [2.05, 4.69) is 10.3 Å². The number of aromatic amines is 1. The van der Waals surface area contributed by atoms with E-state index in [0.717, 1.165) is 5.56 Å². The number of phenolic OH excluding ortho intramolecular Hbond substituents is 1. The zero-order valence-corrected chi connectivity index (χ0v) is 10.7. The van der Waals surface area contributed by atoms with E-state index >= 15 is 0 Å². The molecule has 0 spiro atoms. The summed E-state index contributed by atoms with van der Waals surface area (Å²) in [7, 11) is 0. The van der Waals surface area contributed by atoms with Crippen molar-refractivity contribution in [3.05, 3.63) is 47.3 Å². The number of phenols is 1. The zero-order chi connectivity index (χ0) is 14.0. The molecule has 0 fully saturated rings. The van der Waals surface area contributed by atoms with Crippen LogP contribution >= 0.6 is 0 Å². The number of hydrogen-bond acceptors (Lipinski definition) is 3. The highest BCUT2D eigenvalue weighted by molar-refractivity contribution is 6.05. The molecule has 2 aromatic rings. The van der Waals surface area contributed by atoms with Gasteiger partial charge in [0.2, 0.25) is 0 Å². The number of hydrogen-bond donors (Lipinski definition) is 3. The number of anilines is 1. The maximum Gasteiger partial charge on any atom is 0.272 e. The quantitative estimate of drug-likeness (QED) is 0.584. The van der Waals surface area contributed by atoms with E-state index in [1.807, 2.05) is 6.92 Å². The number of Topliss-reactive ketones (excluding diaryl/α,β-unsaturated/α-hetero) is 1. The molecule has 0 atom stereocenters. The highest BCUT2D eigenvalue weighted by Gasteiger charge is 2.12. The first kappa shape index (κ1) is 12.9. The Labute approximate surface area is 110 Å². The van der Waals surface area contributed by atoms with Crippen LogP contribution < -0.4 is 5.32 Å². The van der Waals surface area contributed by atoms with Crippen LogP contribution in [0.5, 0.6) is 5.75 Å². The standard InChI is InChI=1S/C14H14N2O3/c1-8-3-4-11(13(18)7-8)16-14(19)12-6-5-10(15-12)9(2)17/h3-7,15,18H,1-2H3,(H,16,19). The summed E-state index contributed by atoms with van der Waals surface area (Å²) < 4.78 is 0. The van der Waals surface area contributed by atoms with Crippen LogP contribution in [0.25, 0.3) is 0 Å². The molecule has 0 aliphatic carbocycles. The largest absolute Gasteiger partial charge is 0.506 e. The molecule has 3 N–H and O–H groups in total. The maximum atomic E-state index is 11.9. The minimum atomic E-state index is -0.411. The molecule has 19 heavy (non-hydrogen) atoms. The molecular formula is C14H14N2O3. The molecule has 0 saturated carbocycles. The fourth-order valence-corrected chi connectivity index (χ4v) is 1.67. The van der Waals surface area contributed by atoms with Crippen LogP contribution in [0.1, 0.15) is 33.5 Å². The Bertz CT molecular complexity index is 644. The second-order valence-corrected chi connectivity index (χ2v) is 4.32. The van der Waals surface area contributed by atoms with E-state index in [0.29, 0.717) is 11.4 Å². The van der Waals surface area contributed by atoms with Crippen molar-refractivity contribution >= 4 is 17.4 Å². The smallest absolute Gasteiger partial charge is 0.272 e. The second kappa shape index (κ2) is 4.97. The van der Waals surface area contributed by atoms with Gasteiger partial charge in [0.15, 0.2) is 5.78 Å². The number of ketones is 1. The minimum absolute atomic E-state index is 0.00620. The fraction of sp³-hybridized carbons (Fsp3) is 0.143. The van der Waals surface area contributed by atoms with Gasteiger partial charge >= 0.3 is 0 Å². The number of aryl methyl sites for hydroxylation is 1. The third kappa shape index (κ3) is 2.82. The number of carbonyl (C=O) groups is 2. The van der Waals surface area contributed by atoms with Crippen LogP contribution in [-0.4, -0.2) is 21.8 Å². The average Bonchev–Trinajstić information content (AvgIpc) is 2.82. The summed E-state index contributed by atoms with van der Waals surface area (Å²) in [4.78, 5) is 25.8. The lowest BCUT2D eigenvalue weighted by molar-refractivity contribution is 0.101. The highest BCUT2D eigenvalue weighted by Crippen LogP contribution is 2.24. The van der Waals surface area contributed by atoms with E-state index in [-0.39, 0.29) is 17.2 Å². The molecule has 2 rings (SSSR count). The molecule has 0 saturated heterocycles. The van der Waals surface area contributed by atoms with Crippen molar-refractivity contribution in [1.29, 1.82) is 0 Å². The molecule has 1 aromatic carbocycles. The number of rotatable bonds is 3. The second-order valence-electron chi connectivity index (χ2n) is 4.32. The summed E-state index contributed by atoms with van der Waals surface area (Å²) in [6.45, 7) is 3.26. The topological polar surface area (TPSA) is 82.2 Å².